The molecule has 0 radical (unpaired) electrons. The van der Waals surface area contributed by atoms with E-state index in [2.05, 4.69) is 4.72 Å². The number of carbonyl (C=O) groups is 1. The van der Waals surface area contributed by atoms with Gasteiger partial charge in [0.25, 0.3) is 15.9 Å². The lowest BCUT2D eigenvalue weighted by Gasteiger charge is -2.21. The Morgan fingerprint density at radius 2 is 2.03 bits per heavy atom. The van der Waals surface area contributed by atoms with Gasteiger partial charge in [0.05, 0.1) is 17.2 Å². The number of hydrogen-bond donors (Lipinski definition) is 1. The molecule has 29 heavy (non-hydrogen) atoms. The molecule has 2 aromatic carbocycles. The van der Waals surface area contributed by atoms with Crippen molar-refractivity contribution in [3.8, 4) is 5.75 Å². The number of nitrogens with one attached hydrogen (secondary N) is 1. The molecule has 2 heterocycles. The first-order valence-corrected chi connectivity index (χ1v) is 11.3. The highest BCUT2D eigenvalue weighted by atomic mass is 32.2. The second kappa shape index (κ2) is 8.04. The van der Waals surface area contributed by atoms with Gasteiger partial charge in [-0.05, 0) is 68.1 Å². The van der Waals surface area contributed by atoms with Gasteiger partial charge in [-0.2, -0.15) is 0 Å². The zero-order chi connectivity index (χ0) is 20.4. The lowest BCUT2D eigenvalue weighted by molar-refractivity contribution is -0.127. The Hall–Kier alpha value is -2.58. The van der Waals surface area contributed by atoms with Gasteiger partial charge in [-0.25, -0.2) is 8.42 Å². The Labute approximate surface area is 170 Å². The number of amides is 1. The van der Waals surface area contributed by atoms with Crippen LogP contribution in [0.2, 0.25) is 0 Å². The monoisotopic (exact) mass is 416 g/mol. The van der Waals surface area contributed by atoms with Gasteiger partial charge in [-0.3, -0.25) is 9.52 Å². The predicted octanol–water partition coefficient (Wildman–Crippen LogP) is 2.95. The number of ether oxygens (including phenoxy) is 2. The number of carbonyl (C=O) groups excluding carboxylic acids is 1. The van der Waals surface area contributed by atoms with Crippen molar-refractivity contribution in [2.45, 2.75) is 37.2 Å². The molecule has 4 rings (SSSR count). The average Bonchev–Trinajstić information content (AvgIpc) is 3.38. The first-order chi connectivity index (χ1) is 14.0. The van der Waals surface area contributed by atoms with Crippen LogP contribution in [0.1, 0.15) is 25.3 Å². The van der Waals surface area contributed by atoms with Crippen molar-refractivity contribution in [1.82, 2.24) is 0 Å². The highest BCUT2D eigenvalue weighted by Crippen LogP contribution is 2.33. The average molecular weight is 416 g/mol. The quantitative estimate of drug-likeness (QED) is 0.783. The minimum Gasteiger partial charge on any atom is -0.494 e. The lowest BCUT2D eigenvalue weighted by atomic mass is 10.1. The number of anilines is 2. The van der Waals surface area contributed by atoms with Crippen LogP contribution >= 0.6 is 0 Å². The molecule has 1 atom stereocenters. The summed E-state index contributed by atoms with van der Waals surface area (Å²) in [5, 5.41) is 0. The summed E-state index contributed by atoms with van der Waals surface area (Å²) in [6, 6.07) is 11.6. The fourth-order valence-electron chi connectivity index (χ4n) is 3.71. The number of fused-ring (bicyclic) bond motifs is 1. The highest BCUT2D eigenvalue weighted by Gasteiger charge is 2.33. The molecule has 1 fully saturated rings. The molecule has 0 saturated carbocycles. The van der Waals surface area contributed by atoms with E-state index >= 15 is 0 Å². The first-order valence-electron chi connectivity index (χ1n) is 9.79. The van der Waals surface area contributed by atoms with E-state index in [-0.39, 0.29) is 10.8 Å². The van der Waals surface area contributed by atoms with Crippen LogP contribution in [-0.2, 0) is 26.0 Å². The van der Waals surface area contributed by atoms with E-state index in [4.69, 9.17) is 9.47 Å². The SMILES string of the molecule is CCOc1ccc(S(=O)(=O)Nc2ccc3c(c2)N(C(=O)C2CCCO2)CC3)cc1. The number of rotatable bonds is 6. The van der Waals surface area contributed by atoms with Crippen LogP contribution in [0.3, 0.4) is 0 Å². The number of nitrogens with zero attached hydrogens (tertiary/aromatic N) is 1. The molecule has 2 aromatic rings. The molecule has 154 valence electrons. The molecule has 1 N–H and O–H groups in total. The molecule has 0 spiro atoms. The normalized spacial score (nSPS) is 18.5. The van der Waals surface area contributed by atoms with Gasteiger partial charge in [-0.15, -0.1) is 0 Å². The minimum absolute atomic E-state index is 0.0484. The third kappa shape index (κ3) is 4.09. The van der Waals surface area contributed by atoms with Gasteiger partial charge >= 0.3 is 0 Å². The number of benzene rings is 2. The van der Waals surface area contributed by atoms with Crippen LogP contribution in [0.5, 0.6) is 5.75 Å². The summed E-state index contributed by atoms with van der Waals surface area (Å²) in [5.41, 5.74) is 2.20. The van der Waals surface area contributed by atoms with E-state index in [1.165, 1.54) is 12.1 Å². The molecule has 0 aliphatic carbocycles. The molecule has 1 saturated heterocycles. The Bertz CT molecular complexity index is 998. The molecular formula is C21H24N2O5S. The van der Waals surface area contributed by atoms with Crippen LogP contribution in [-0.4, -0.2) is 40.2 Å². The van der Waals surface area contributed by atoms with Gasteiger partial charge in [0, 0.05) is 18.8 Å². The maximum absolute atomic E-state index is 12.8. The minimum atomic E-state index is -3.75. The van der Waals surface area contributed by atoms with Gasteiger partial charge < -0.3 is 14.4 Å². The van der Waals surface area contributed by atoms with Crippen molar-refractivity contribution >= 4 is 27.3 Å². The Morgan fingerprint density at radius 3 is 2.72 bits per heavy atom. The van der Waals surface area contributed by atoms with Crippen molar-refractivity contribution in [3.05, 3.63) is 48.0 Å². The van der Waals surface area contributed by atoms with Crippen molar-refractivity contribution in [2.24, 2.45) is 0 Å². The standard InChI is InChI=1S/C21H24N2O5S/c1-2-27-17-7-9-18(10-8-17)29(25,26)22-16-6-5-15-11-12-23(19(15)14-16)21(24)20-4-3-13-28-20/h5-10,14,20,22H,2-4,11-13H2,1H3. The second-order valence-electron chi connectivity index (χ2n) is 7.09. The van der Waals surface area contributed by atoms with Crippen molar-refractivity contribution < 1.29 is 22.7 Å². The summed E-state index contributed by atoms with van der Waals surface area (Å²) in [6.07, 6.45) is 1.97. The van der Waals surface area contributed by atoms with Gasteiger partial charge in [-0.1, -0.05) is 6.07 Å². The zero-order valence-electron chi connectivity index (χ0n) is 16.3. The fourth-order valence-corrected chi connectivity index (χ4v) is 4.76. The highest BCUT2D eigenvalue weighted by molar-refractivity contribution is 7.92. The first kappa shape index (κ1) is 19.7. The number of hydrogen-bond acceptors (Lipinski definition) is 5. The molecule has 2 aliphatic rings. The van der Waals surface area contributed by atoms with E-state index < -0.39 is 16.1 Å². The number of sulfonamides is 1. The molecule has 7 nitrogen and oxygen atoms in total. The van der Waals surface area contributed by atoms with E-state index in [0.717, 1.165) is 30.5 Å². The summed E-state index contributed by atoms with van der Waals surface area (Å²) in [4.78, 5) is 14.6. The van der Waals surface area contributed by atoms with Gasteiger partial charge in [0.15, 0.2) is 0 Å². The van der Waals surface area contributed by atoms with Crippen LogP contribution < -0.4 is 14.4 Å². The Morgan fingerprint density at radius 1 is 1.24 bits per heavy atom. The summed E-state index contributed by atoms with van der Waals surface area (Å²) in [6.45, 7) is 3.58. The Kier molecular flexibility index (Phi) is 5.47. The fraction of sp³-hybridized carbons (Fsp3) is 0.381. The van der Waals surface area contributed by atoms with E-state index in [1.807, 2.05) is 13.0 Å². The maximum Gasteiger partial charge on any atom is 0.261 e. The van der Waals surface area contributed by atoms with E-state index in [9.17, 15) is 13.2 Å². The third-order valence-corrected chi connectivity index (χ3v) is 6.55. The smallest absolute Gasteiger partial charge is 0.261 e. The second-order valence-corrected chi connectivity index (χ2v) is 8.78. The molecular weight excluding hydrogens is 392 g/mol. The van der Waals surface area contributed by atoms with E-state index in [0.29, 0.717) is 31.2 Å². The molecule has 8 heteroatoms. The van der Waals surface area contributed by atoms with Gasteiger partial charge in [0.1, 0.15) is 11.9 Å². The van der Waals surface area contributed by atoms with E-state index in [1.54, 1.807) is 29.2 Å². The zero-order valence-corrected chi connectivity index (χ0v) is 17.1. The summed E-state index contributed by atoms with van der Waals surface area (Å²) < 4.78 is 39.0. The topological polar surface area (TPSA) is 84.9 Å². The Balaban J connectivity index is 1.54. The van der Waals surface area contributed by atoms with Crippen LogP contribution in [0.4, 0.5) is 11.4 Å². The summed E-state index contributed by atoms with van der Waals surface area (Å²) in [5.74, 6) is 0.569. The largest absolute Gasteiger partial charge is 0.494 e. The molecule has 2 aliphatic heterocycles. The lowest BCUT2D eigenvalue weighted by Crippen LogP contribution is -2.37. The molecule has 0 bridgehead atoms. The molecule has 1 amide bonds. The van der Waals surface area contributed by atoms with Crippen molar-refractivity contribution in [1.29, 1.82) is 0 Å². The summed E-state index contributed by atoms with van der Waals surface area (Å²) >= 11 is 0. The molecule has 0 aromatic heterocycles. The predicted molar refractivity (Wildman–Crippen MR) is 110 cm³/mol. The molecule has 1 unspecified atom stereocenters. The maximum atomic E-state index is 12.8. The van der Waals surface area contributed by atoms with Crippen molar-refractivity contribution in [3.63, 3.8) is 0 Å². The van der Waals surface area contributed by atoms with Gasteiger partial charge in [0.2, 0.25) is 0 Å². The van der Waals surface area contributed by atoms with Crippen LogP contribution in [0.15, 0.2) is 47.4 Å². The van der Waals surface area contributed by atoms with Crippen LogP contribution in [0, 0.1) is 0 Å². The third-order valence-electron chi connectivity index (χ3n) is 5.15. The van der Waals surface area contributed by atoms with Crippen molar-refractivity contribution in [2.75, 3.05) is 29.4 Å². The van der Waals surface area contributed by atoms with Crippen LogP contribution in [0.25, 0.3) is 0 Å². The summed E-state index contributed by atoms with van der Waals surface area (Å²) in [7, 11) is -3.75.